The SMILES string of the molecule is C[C@@H](NC(=O)c1ccc(Br)cc1F)c1ccccc1. The smallest absolute Gasteiger partial charge is 0.254 e. The molecule has 4 heteroatoms. The van der Waals surface area contributed by atoms with Crippen LogP contribution in [0.15, 0.2) is 53.0 Å². The first-order chi connectivity index (χ1) is 9.08. The summed E-state index contributed by atoms with van der Waals surface area (Å²) >= 11 is 3.16. The lowest BCUT2D eigenvalue weighted by Gasteiger charge is -2.14. The van der Waals surface area contributed by atoms with Gasteiger partial charge in [-0.2, -0.15) is 0 Å². The lowest BCUT2D eigenvalue weighted by atomic mass is 10.1. The second-order valence-corrected chi connectivity index (χ2v) is 5.15. The molecule has 1 N–H and O–H groups in total. The van der Waals surface area contributed by atoms with E-state index in [4.69, 9.17) is 0 Å². The van der Waals surface area contributed by atoms with Gasteiger partial charge in [0.25, 0.3) is 5.91 Å². The molecule has 2 rings (SSSR count). The molecule has 2 aromatic rings. The Hall–Kier alpha value is -1.68. The van der Waals surface area contributed by atoms with E-state index in [-0.39, 0.29) is 11.6 Å². The predicted molar refractivity (Wildman–Crippen MR) is 76.4 cm³/mol. The van der Waals surface area contributed by atoms with E-state index in [9.17, 15) is 9.18 Å². The molecule has 98 valence electrons. The van der Waals surface area contributed by atoms with Gasteiger partial charge >= 0.3 is 0 Å². The summed E-state index contributed by atoms with van der Waals surface area (Å²) < 4.78 is 14.3. The van der Waals surface area contributed by atoms with E-state index in [0.717, 1.165) is 5.56 Å². The first kappa shape index (κ1) is 13.7. The number of nitrogens with one attached hydrogen (secondary N) is 1. The predicted octanol–water partition coefficient (Wildman–Crippen LogP) is 4.08. The molecule has 1 amide bonds. The van der Waals surface area contributed by atoms with Gasteiger partial charge < -0.3 is 5.32 Å². The number of hydrogen-bond donors (Lipinski definition) is 1. The van der Waals surface area contributed by atoms with Crippen molar-refractivity contribution < 1.29 is 9.18 Å². The number of carbonyl (C=O) groups is 1. The van der Waals surface area contributed by atoms with E-state index in [1.807, 2.05) is 37.3 Å². The molecule has 2 aromatic carbocycles. The number of benzene rings is 2. The van der Waals surface area contributed by atoms with Crippen LogP contribution in [0.3, 0.4) is 0 Å². The minimum atomic E-state index is -0.535. The molecule has 0 aliphatic carbocycles. The third-order valence-electron chi connectivity index (χ3n) is 2.82. The summed E-state index contributed by atoms with van der Waals surface area (Å²) in [7, 11) is 0. The number of rotatable bonds is 3. The summed E-state index contributed by atoms with van der Waals surface area (Å²) in [4.78, 5) is 12.0. The molecule has 0 radical (unpaired) electrons. The van der Waals surface area contributed by atoms with Crippen LogP contribution in [-0.4, -0.2) is 5.91 Å². The Morgan fingerprint density at radius 2 is 1.89 bits per heavy atom. The summed E-state index contributed by atoms with van der Waals surface area (Å²) in [6.07, 6.45) is 0. The van der Waals surface area contributed by atoms with E-state index < -0.39 is 11.7 Å². The molecule has 19 heavy (non-hydrogen) atoms. The fourth-order valence-corrected chi connectivity index (χ4v) is 2.11. The summed E-state index contributed by atoms with van der Waals surface area (Å²) in [6, 6.07) is 13.8. The normalized spacial score (nSPS) is 11.9. The van der Waals surface area contributed by atoms with Crippen LogP contribution in [0.5, 0.6) is 0 Å². The minimum absolute atomic E-state index is 0.0472. The average molecular weight is 322 g/mol. The Morgan fingerprint density at radius 1 is 1.21 bits per heavy atom. The first-order valence-electron chi connectivity index (χ1n) is 5.89. The highest BCUT2D eigenvalue weighted by atomic mass is 79.9. The molecular formula is C15H13BrFNO. The minimum Gasteiger partial charge on any atom is -0.345 e. The zero-order valence-corrected chi connectivity index (χ0v) is 11.9. The summed E-state index contributed by atoms with van der Waals surface area (Å²) in [6.45, 7) is 1.87. The molecule has 0 fully saturated rings. The van der Waals surface area contributed by atoms with Crippen LogP contribution in [0, 0.1) is 5.82 Å². The van der Waals surface area contributed by atoms with Crippen molar-refractivity contribution in [2.75, 3.05) is 0 Å². The quantitative estimate of drug-likeness (QED) is 0.906. The Kier molecular flexibility index (Phi) is 4.32. The standard InChI is InChI=1S/C15H13BrFNO/c1-10(11-5-3-2-4-6-11)18-15(19)13-8-7-12(16)9-14(13)17/h2-10H,1H3,(H,18,19)/t10-/m1/s1. The molecule has 0 saturated carbocycles. The molecule has 0 heterocycles. The highest BCUT2D eigenvalue weighted by molar-refractivity contribution is 9.10. The Labute approximate surface area is 119 Å². The molecule has 0 bridgehead atoms. The van der Waals surface area contributed by atoms with Crippen molar-refractivity contribution in [2.24, 2.45) is 0 Å². The van der Waals surface area contributed by atoms with Crippen molar-refractivity contribution in [1.82, 2.24) is 5.32 Å². The maximum absolute atomic E-state index is 13.7. The van der Waals surface area contributed by atoms with Gasteiger partial charge in [-0.25, -0.2) is 4.39 Å². The van der Waals surface area contributed by atoms with Crippen molar-refractivity contribution in [3.05, 3.63) is 69.9 Å². The van der Waals surface area contributed by atoms with Crippen LogP contribution in [0.1, 0.15) is 28.9 Å². The molecule has 1 atom stereocenters. The third kappa shape index (κ3) is 3.41. The zero-order chi connectivity index (χ0) is 13.8. The molecule has 0 aliphatic heterocycles. The largest absolute Gasteiger partial charge is 0.345 e. The van der Waals surface area contributed by atoms with Gasteiger partial charge in [-0.05, 0) is 30.7 Å². The number of hydrogen-bond acceptors (Lipinski definition) is 1. The van der Waals surface area contributed by atoms with E-state index in [1.54, 1.807) is 6.07 Å². The van der Waals surface area contributed by atoms with Crippen LogP contribution in [0.2, 0.25) is 0 Å². The Balaban J connectivity index is 2.13. The van der Waals surface area contributed by atoms with Crippen LogP contribution >= 0.6 is 15.9 Å². The van der Waals surface area contributed by atoms with E-state index in [0.29, 0.717) is 4.47 Å². The van der Waals surface area contributed by atoms with E-state index in [1.165, 1.54) is 12.1 Å². The third-order valence-corrected chi connectivity index (χ3v) is 3.32. The van der Waals surface area contributed by atoms with Crippen molar-refractivity contribution >= 4 is 21.8 Å². The van der Waals surface area contributed by atoms with Gasteiger partial charge in [0.05, 0.1) is 11.6 Å². The van der Waals surface area contributed by atoms with Gasteiger partial charge in [-0.3, -0.25) is 4.79 Å². The van der Waals surface area contributed by atoms with Crippen molar-refractivity contribution in [1.29, 1.82) is 0 Å². The molecule has 0 aromatic heterocycles. The summed E-state index contributed by atoms with van der Waals surface area (Å²) in [5.41, 5.74) is 1.03. The van der Waals surface area contributed by atoms with Gasteiger partial charge in [0, 0.05) is 4.47 Å². The van der Waals surface area contributed by atoms with E-state index in [2.05, 4.69) is 21.2 Å². The number of amides is 1. The topological polar surface area (TPSA) is 29.1 Å². The monoisotopic (exact) mass is 321 g/mol. The lowest BCUT2D eigenvalue weighted by molar-refractivity contribution is 0.0936. The summed E-state index contributed by atoms with van der Waals surface area (Å²) in [5.74, 6) is -0.950. The van der Waals surface area contributed by atoms with Gasteiger partial charge in [0.15, 0.2) is 0 Å². The van der Waals surface area contributed by atoms with Gasteiger partial charge in [-0.1, -0.05) is 46.3 Å². The second kappa shape index (κ2) is 5.97. The van der Waals surface area contributed by atoms with Gasteiger partial charge in [0.1, 0.15) is 5.82 Å². The van der Waals surface area contributed by atoms with Crippen molar-refractivity contribution in [2.45, 2.75) is 13.0 Å². The Bertz CT molecular complexity index is 586. The highest BCUT2D eigenvalue weighted by Gasteiger charge is 2.15. The molecular weight excluding hydrogens is 309 g/mol. The van der Waals surface area contributed by atoms with Gasteiger partial charge in [0.2, 0.25) is 0 Å². The fourth-order valence-electron chi connectivity index (χ4n) is 1.77. The summed E-state index contributed by atoms with van der Waals surface area (Å²) in [5, 5.41) is 2.78. The number of halogens is 2. The van der Waals surface area contributed by atoms with E-state index >= 15 is 0 Å². The molecule has 0 unspecified atom stereocenters. The maximum Gasteiger partial charge on any atom is 0.254 e. The fraction of sp³-hybridized carbons (Fsp3) is 0.133. The maximum atomic E-state index is 13.7. The average Bonchev–Trinajstić information content (AvgIpc) is 2.39. The van der Waals surface area contributed by atoms with Crippen LogP contribution in [-0.2, 0) is 0 Å². The molecule has 0 spiro atoms. The molecule has 0 aliphatic rings. The van der Waals surface area contributed by atoms with Gasteiger partial charge in [-0.15, -0.1) is 0 Å². The Morgan fingerprint density at radius 3 is 2.53 bits per heavy atom. The van der Waals surface area contributed by atoms with Crippen molar-refractivity contribution in [3.63, 3.8) is 0 Å². The first-order valence-corrected chi connectivity index (χ1v) is 6.68. The van der Waals surface area contributed by atoms with Crippen molar-refractivity contribution in [3.8, 4) is 0 Å². The number of carbonyl (C=O) groups excluding carboxylic acids is 1. The highest BCUT2D eigenvalue weighted by Crippen LogP contribution is 2.17. The zero-order valence-electron chi connectivity index (χ0n) is 10.4. The van der Waals surface area contributed by atoms with Crippen LogP contribution < -0.4 is 5.32 Å². The molecule has 0 saturated heterocycles. The second-order valence-electron chi connectivity index (χ2n) is 4.23. The van der Waals surface area contributed by atoms with Crippen LogP contribution in [0.4, 0.5) is 4.39 Å². The molecule has 2 nitrogen and oxygen atoms in total. The lowest BCUT2D eigenvalue weighted by Crippen LogP contribution is -2.27. The van der Waals surface area contributed by atoms with Crippen LogP contribution in [0.25, 0.3) is 0 Å².